The van der Waals surface area contributed by atoms with E-state index in [1.807, 2.05) is 78.7 Å². The topological polar surface area (TPSA) is 206 Å². The summed E-state index contributed by atoms with van der Waals surface area (Å²) in [4.78, 5) is 78.4. The maximum absolute atomic E-state index is 15.4. The summed E-state index contributed by atoms with van der Waals surface area (Å²) in [6, 6.07) is 5.47. The molecule has 16 atom stereocenters. The highest BCUT2D eigenvalue weighted by Crippen LogP contribution is 2.47. The van der Waals surface area contributed by atoms with Crippen LogP contribution in [0.2, 0.25) is 10.0 Å². The maximum Gasteiger partial charge on any atom is 0.316 e. The Labute approximate surface area is 524 Å². The van der Waals surface area contributed by atoms with Gasteiger partial charge in [0.25, 0.3) is 0 Å². The van der Waals surface area contributed by atoms with Crippen LogP contribution < -0.4 is 14.4 Å². The number of allylic oxidation sites excluding steroid dienone is 1. The van der Waals surface area contributed by atoms with E-state index in [-0.39, 0.29) is 54.6 Å². The lowest BCUT2D eigenvalue weighted by Gasteiger charge is -2.52. The second-order valence-electron chi connectivity index (χ2n) is 24.8. The van der Waals surface area contributed by atoms with Crippen molar-refractivity contribution >= 4 is 70.3 Å². The van der Waals surface area contributed by atoms with Gasteiger partial charge in [-0.3, -0.25) is 29.0 Å². The number of Topliss-reactive ketones (excluding diaryl/α,β-unsaturated/α-hetero) is 1. The minimum Gasteiger partial charge on any atom is -0.493 e. The molecule has 3 aliphatic heterocycles. The quantitative estimate of drug-likeness (QED) is 0.0647. The highest BCUT2D eigenvalue weighted by atomic mass is 35.5. The van der Waals surface area contributed by atoms with Crippen molar-refractivity contribution in [3.63, 3.8) is 0 Å². The number of cyclic esters (lactones) is 1. The average Bonchev–Trinajstić information content (AvgIpc) is 0.941. The molecule has 0 radical (unpaired) electrons. The molecule has 2 saturated heterocycles. The van der Waals surface area contributed by atoms with Crippen molar-refractivity contribution in [2.75, 3.05) is 58.4 Å². The first kappa shape index (κ1) is 70.8. The van der Waals surface area contributed by atoms with Crippen LogP contribution in [0.3, 0.4) is 0 Å². The van der Waals surface area contributed by atoms with Gasteiger partial charge in [0.15, 0.2) is 41.4 Å². The van der Waals surface area contributed by atoms with E-state index in [2.05, 4.69) is 9.88 Å². The number of ether oxygens (including phenoxy) is 11. The molecule has 1 unspecified atom stereocenters. The second kappa shape index (κ2) is 31.0. The van der Waals surface area contributed by atoms with E-state index in [0.29, 0.717) is 52.4 Å². The van der Waals surface area contributed by atoms with Gasteiger partial charge in [0, 0.05) is 94.9 Å². The summed E-state index contributed by atoms with van der Waals surface area (Å²) in [5, 5.41) is 0.820. The summed E-state index contributed by atoms with van der Waals surface area (Å²) in [6.45, 7) is 21.5. The largest absolute Gasteiger partial charge is 0.493 e. The summed E-state index contributed by atoms with van der Waals surface area (Å²) in [6.07, 6.45) is 3.16. The lowest BCUT2D eigenvalue weighted by molar-refractivity contribution is -0.306. The Bertz CT molecular complexity index is 2660. The fourth-order valence-electron chi connectivity index (χ4n) is 13.4. The Morgan fingerprint density at radius 3 is 2.09 bits per heavy atom. The third kappa shape index (κ3) is 17.4. The van der Waals surface area contributed by atoms with Crippen molar-refractivity contribution in [3.8, 4) is 11.5 Å². The molecule has 1 aromatic carbocycles. The summed E-state index contributed by atoms with van der Waals surface area (Å²) in [7, 11) is 8.51. The number of ketones is 1. The highest BCUT2D eigenvalue weighted by molar-refractivity contribution is 7.99. The molecule has 86 heavy (non-hydrogen) atoms. The van der Waals surface area contributed by atoms with Gasteiger partial charge >= 0.3 is 23.9 Å². The van der Waals surface area contributed by atoms with Crippen LogP contribution >= 0.6 is 35.0 Å². The minimum absolute atomic E-state index is 0.0832. The molecule has 0 N–H and O–H groups in total. The van der Waals surface area contributed by atoms with E-state index in [1.165, 1.54) is 25.6 Å². The van der Waals surface area contributed by atoms with E-state index < -0.39 is 107 Å². The molecule has 4 aliphatic rings. The number of anilines is 1. The van der Waals surface area contributed by atoms with Crippen molar-refractivity contribution in [2.24, 2.45) is 23.7 Å². The molecule has 1 saturated carbocycles. The van der Waals surface area contributed by atoms with Gasteiger partial charge < -0.3 is 61.9 Å². The van der Waals surface area contributed by atoms with Crippen molar-refractivity contribution in [1.29, 1.82) is 0 Å². The number of hydrogen-bond donors (Lipinski definition) is 0. The van der Waals surface area contributed by atoms with Gasteiger partial charge in [-0.15, -0.1) is 11.8 Å². The van der Waals surface area contributed by atoms with Crippen molar-refractivity contribution < 1.29 is 76.1 Å². The molecule has 1 aromatic heterocycles. The zero-order valence-electron chi connectivity index (χ0n) is 53.6. The normalized spacial score (nSPS) is 33.9. The van der Waals surface area contributed by atoms with Gasteiger partial charge in [-0.1, -0.05) is 50.9 Å². The Balaban J connectivity index is 1.36. The van der Waals surface area contributed by atoms with Crippen LogP contribution in [0.4, 0.5) is 5.69 Å². The zero-order valence-corrected chi connectivity index (χ0v) is 55.9. The molecule has 22 heteroatoms. The SMILES string of the molecule is CC[C@H]1OC(=O)[C@H](C)[C@@H](C2C[C@@](C)(OC)[C@@H](OC(C)=O)[C@H](C)O2)[C@H](C)[C@@H](O[C@@H]2O[C@H](C)C[C@H](N(C)C)[C@H]2OC(C)=O)[C@](C)(OC)C[C@@H](C)C(=O)/C(C)=C/[C@]1(C)OC(=O)CSCCN(Cc1c(Cl)cncc1Cl)c1ccc(OC)c(OC2CCCC2)c1. The molecule has 482 valence electrons. The summed E-state index contributed by atoms with van der Waals surface area (Å²) in [5.41, 5.74) is -2.26. The van der Waals surface area contributed by atoms with Crippen LogP contribution in [0.25, 0.3) is 0 Å². The van der Waals surface area contributed by atoms with Crippen LogP contribution in [0.15, 0.2) is 42.2 Å². The smallest absolute Gasteiger partial charge is 0.316 e. The number of esters is 4. The molecular weight excluding hydrogens is 1170 g/mol. The number of thioether (sulfide) groups is 1. The van der Waals surface area contributed by atoms with Gasteiger partial charge in [0.2, 0.25) is 0 Å². The fourth-order valence-corrected chi connectivity index (χ4v) is 14.6. The van der Waals surface area contributed by atoms with Crippen LogP contribution in [0.5, 0.6) is 11.5 Å². The third-order valence-corrected chi connectivity index (χ3v) is 19.5. The maximum atomic E-state index is 15.4. The van der Waals surface area contributed by atoms with Gasteiger partial charge in [0.05, 0.1) is 71.0 Å². The molecule has 19 nitrogen and oxygen atoms in total. The van der Waals surface area contributed by atoms with Gasteiger partial charge in [-0.25, -0.2) is 0 Å². The van der Waals surface area contributed by atoms with Crippen LogP contribution in [0, 0.1) is 23.7 Å². The third-order valence-electron chi connectivity index (χ3n) is 17.9. The highest BCUT2D eigenvalue weighted by Gasteiger charge is 2.57. The number of halogens is 2. The molecule has 0 amide bonds. The first-order chi connectivity index (χ1) is 40.5. The molecule has 0 bridgehead atoms. The Morgan fingerprint density at radius 1 is 0.860 bits per heavy atom. The number of nitrogens with zero attached hydrogens (tertiary/aromatic N) is 3. The Hall–Kier alpha value is -4.25. The molecule has 3 fully saturated rings. The molecule has 4 heterocycles. The van der Waals surface area contributed by atoms with E-state index >= 15 is 4.79 Å². The van der Waals surface area contributed by atoms with E-state index in [9.17, 15) is 19.2 Å². The molecule has 1 aliphatic carbocycles. The zero-order chi connectivity index (χ0) is 63.6. The average molecular weight is 1270 g/mol. The van der Waals surface area contributed by atoms with Crippen molar-refractivity contribution in [1.82, 2.24) is 9.88 Å². The second-order valence-corrected chi connectivity index (χ2v) is 26.7. The fraction of sp³-hybridized carbons (Fsp3) is 0.719. The van der Waals surface area contributed by atoms with Crippen LogP contribution in [0.1, 0.15) is 140 Å². The molecular formula is C64H95Cl2N3O16S. The van der Waals surface area contributed by atoms with Gasteiger partial charge in [-0.05, 0) is 130 Å². The lowest BCUT2D eigenvalue weighted by Crippen LogP contribution is -2.63. The summed E-state index contributed by atoms with van der Waals surface area (Å²) < 4.78 is 70.7. The van der Waals surface area contributed by atoms with Gasteiger partial charge in [-0.2, -0.15) is 0 Å². The molecule has 0 spiro atoms. The standard InChI is InChI=1S/C64H95Cl2N3O16S/c1-18-53-62(10,85-54(72)35-86-26-25-69(34-46-47(65)32-67-33-48(46)66)44-23-24-50(75-15)51(28-44)82-45-21-19-20-22-45)29-36(2)56(73)37(3)30-63(11,76-16)58(84-61-57(80-42(8)70)49(68(13)14)27-38(4)78-61)39(5)55(40(6)60(74)83-53)52-31-64(12,77-17)59(41(7)79-52)81-43(9)71/h23-24,28-29,32-33,37-41,45,49,52-53,55,57-59,61H,18-22,25-27,30-31,34-35H2,1-17H3/b36-29+/t37-,38-,39+,40-,41+,49+,52?,53-,55+,57-,58-,59+,61+,62+,63-,64-/m1/s1. The number of likely N-dealkylation sites (N-methyl/N-ethyl adjacent to an activating group) is 1. The number of benzene rings is 1. The number of carbonyl (C=O) groups excluding carboxylic acids is 5. The van der Waals surface area contributed by atoms with Gasteiger partial charge in [0.1, 0.15) is 11.7 Å². The number of methoxy groups -OCH3 is 3. The van der Waals surface area contributed by atoms with E-state index in [4.69, 9.17) is 75.3 Å². The number of aromatic nitrogens is 1. The number of hydrogen-bond acceptors (Lipinski definition) is 20. The number of pyridine rings is 1. The van der Waals surface area contributed by atoms with Crippen molar-refractivity contribution in [2.45, 2.75) is 219 Å². The monoisotopic (exact) mass is 1260 g/mol. The van der Waals surface area contributed by atoms with Crippen molar-refractivity contribution in [3.05, 3.63) is 57.9 Å². The molecule has 2 aromatic rings. The Kier molecular flexibility index (Phi) is 25.5. The first-order valence-corrected chi connectivity index (χ1v) is 32.1. The predicted octanol–water partition coefficient (Wildman–Crippen LogP) is 10.8. The number of carbonyl (C=O) groups is 5. The first-order valence-electron chi connectivity index (χ1n) is 30.2. The Morgan fingerprint density at radius 2 is 1.50 bits per heavy atom. The lowest BCUT2D eigenvalue weighted by atomic mass is 9.68. The van der Waals surface area contributed by atoms with Crippen LogP contribution in [-0.4, -0.2) is 171 Å². The van der Waals surface area contributed by atoms with E-state index in [1.54, 1.807) is 67.5 Å². The minimum atomic E-state index is -1.65. The van der Waals surface area contributed by atoms with E-state index in [0.717, 1.165) is 31.4 Å². The number of rotatable bonds is 21. The summed E-state index contributed by atoms with van der Waals surface area (Å²) >= 11 is 14.7. The summed E-state index contributed by atoms with van der Waals surface area (Å²) in [5.74, 6) is -4.11. The molecule has 6 rings (SSSR count). The predicted molar refractivity (Wildman–Crippen MR) is 330 cm³/mol. The van der Waals surface area contributed by atoms with Crippen LogP contribution in [-0.2, 0) is 73.1 Å².